The van der Waals surface area contributed by atoms with Crippen molar-refractivity contribution in [3.05, 3.63) is 34.3 Å². The fourth-order valence-corrected chi connectivity index (χ4v) is 1.96. The van der Waals surface area contributed by atoms with E-state index in [-0.39, 0.29) is 18.9 Å². The first-order chi connectivity index (χ1) is 9.45. The third-order valence-electron chi connectivity index (χ3n) is 2.99. The summed E-state index contributed by atoms with van der Waals surface area (Å²) in [5.41, 5.74) is 0.835. The monoisotopic (exact) mass is 343 g/mol. The van der Waals surface area contributed by atoms with Crippen molar-refractivity contribution in [3.63, 3.8) is 0 Å². The van der Waals surface area contributed by atoms with Gasteiger partial charge < -0.3 is 15.2 Å². The van der Waals surface area contributed by atoms with Gasteiger partial charge in [0.25, 0.3) is 0 Å². The summed E-state index contributed by atoms with van der Waals surface area (Å²) in [4.78, 5) is 23.1. The third-order valence-corrected chi connectivity index (χ3v) is 3.52. The smallest absolute Gasteiger partial charge is 0.326 e. The van der Waals surface area contributed by atoms with Crippen LogP contribution in [-0.2, 0) is 14.3 Å². The van der Waals surface area contributed by atoms with Crippen LogP contribution in [0.15, 0.2) is 28.7 Å². The molecule has 0 fully saturated rings. The standard InChI is InChI=1S/C14H18BrNO4/c1-9(10-3-5-11(15)6-4-10)13(17)16-12(14(18)19)7-8-20-2/h3-6,9,12H,7-8H2,1-2H3,(H,16,17)(H,18,19). The van der Waals surface area contributed by atoms with E-state index in [0.29, 0.717) is 0 Å². The molecular weight excluding hydrogens is 326 g/mol. The van der Waals surface area contributed by atoms with Crippen LogP contribution in [0, 0.1) is 0 Å². The van der Waals surface area contributed by atoms with Crippen molar-refractivity contribution in [2.45, 2.75) is 25.3 Å². The summed E-state index contributed by atoms with van der Waals surface area (Å²) in [6, 6.07) is 6.43. The van der Waals surface area contributed by atoms with Gasteiger partial charge in [0, 0.05) is 24.6 Å². The lowest BCUT2D eigenvalue weighted by molar-refractivity contribution is -0.142. The Bertz CT molecular complexity index is 461. The van der Waals surface area contributed by atoms with Crippen molar-refractivity contribution in [1.82, 2.24) is 5.32 Å². The molecular formula is C14H18BrNO4. The molecule has 20 heavy (non-hydrogen) atoms. The minimum Gasteiger partial charge on any atom is -0.480 e. The summed E-state index contributed by atoms with van der Waals surface area (Å²) in [6.45, 7) is 2.03. The summed E-state index contributed by atoms with van der Waals surface area (Å²) >= 11 is 3.33. The van der Waals surface area contributed by atoms with Gasteiger partial charge in [-0.15, -0.1) is 0 Å². The first-order valence-corrected chi connectivity index (χ1v) is 7.02. The Balaban J connectivity index is 2.68. The largest absolute Gasteiger partial charge is 0.480 e. The number of carbonyl (C=O) groups is 2. The highest BCUT2D eigenvalue weighted by Gasteiger charge is 2.23. The van der Waals surface area contributed by atoms with Gasteiger partial charge in [0.05, 0.1) is 5.92 Å². The SMILES string of the molecule is COCCC(NC(=O)C(C)c1ccc(Br)cc1)C(=O)O. The molecule has 0 saturated carbocycles. The van der Waals surface area contributed by atoms with E-state index in [0.717, 1.165) is 10.0 Å². The van der Waals surface area contributed by atoms with Gasteiger partial charge in [-0.3, -0.25) is 4.79 Å². The van der Waals surface area contributed by atoms with Gasteiger partial charge in [-0.1, -0.05) is 28.1 Å². The molecule has 110 valence electrons. The number of hydrogen-bond donors (Lipinski definition) is 2. The van der Waals surface area contributed by atoms with Crippen molar-refractivity contribution in [3.8, 4) is 0 Å². The molecule has 1 amide bonds. The van der Waals surface area contributed by atoms with Crippen LogP contribution in [0.3, 0.4) is 0 Å². The van der Waals surface area contributed by atoms with Crippen molar-refractivity contribution in [2.75, 3.05) is 13.7 Å². The van der Waals surface area contributed by atoms with Gasteiger partial charge in [-0.25, -0.2) is 4.79 Å². The number of carbonyl (C=O) groups excluding carboxylic acids is 1. The molecule has 0 radical (unpaired) electrons. The molecule has 5 nitrogen and oxygen atoms in total. The van der Waals surface area contributed by atoms with Crippen LogP contribution in [0.25, 0.3) is 0 Å². The summed E-state index contributed by atoms with van der Waals surface area (Å²) in [6.07, 6.45) is 0.241. The number of carboxylic acids is 1. The van der Waals surface area contributed by atoms with Crippen LogP contribution >= 0.6 is 15.9 Å². The topological polar surface area (TPSA) is 75.6 Å². The van der Waals surface area contributed by atoms with Crippen LogP contribution in [0.4, 0.5) is 0 Å². The number of halogens is 1. The number of benzene rings is 1. The summed E-state index contributed by atoms with van der Waals surface area (Å²) < 4.78 is 5.77. The molecule has 0 aliphatic rings. The number of hydrogen-bond acceptors (Lipinski definition) is 3. The molecule has 2 atom stereocenters. The normalized spacial score (nSPS) is 13.6. The van der Waals surface area contributed by atoms with Crippen molar-refractivity contribution < 1.29 is 19.4 Å². The van der Waals surface area contributed by atoms with Crippen LogP contribution in [-0.4, -0.2) is 36.7 Å². The molecule has 0 heterocycles. The van der Waals surface area contributed by atoms with Gasteiger partial charge in [0.15, 0.2) is 0 Å². The Morgan fingerprint density at radius 2 is 1.95 bits per heavy atom. The number of methoxy groups -OCH3 is 1. The molecule has 0 spiro atoms. The Labute approximate surface area is 126 Å². The molecule has 0 saturated heterocycles. The lowest BCUT2D eigenvalue weighted by Gasteiger charge is -2.18. The van der Waals surface area contributed by atoms with E-state index in [2.05, 4.69) is 21.2 Å². The van der Waals surface area contributed by atoms with Gasteiger partial charge >= 0.3 is 5.97 Å². The maximum absolute atomic E-state index is 12.1. The molecule has 6 heteroatoms. The number of rotatable bonds is 7. The summed E-state index contributed by atoms with van der Waals surface area (Å²) in [5.74, 6) is -1.78. The van der Waals surface area contributed by atoms with Crippen LogP contribution in [0.2, 0.25) is 0 Å². The lowest BCUT2D eigenvalue weighted by atomic mass is 10.00. The quantitative estimate of drug-likeness (QED) is 0.795. The highest BCUT2D eigenvalue weighted by molar-refractivity contribution is 9.10. The zero-order valence-corrected chi connectivity index (χ0v) is 13.0. The van der Waals surface area contributed by atoms with E-state index < -0.39 is 17.9 Å². The molecule has 1 rings (SSSR count). The second-order valence-electron chi connectivity index (χ2n) is 4.45. The van der Waals surface area contributed by atoms with Gasteiger partial charge in [0.2, 0.25) is 5.91 Å². The number of carboxylic acid groups (broad SMARTS) is 1. The first kappa shape index (κ1) is 16.7. The summed E-state index contributed by atoms with van der Waals surface area (Å²) in [5, 5.41) is 11.6. The zero-order chi connectivity index (χ0) is 15.1. The maximum Gasteiger partial charge on any atom is 0.326 e. The average molecular weight is 344 g/mol. The second kappa shape index (κ2) is 8.01. The Morgan fingerprint density at radius 3 is 2.45 bits per heavy atom. The predicted molar refractivity (Wildman–Crippen MR) is 78.6 cm³/mol. The molecule has 0 aromatic heterocycles. The average Bonchev–Trinajstić information content (AvgIpc) is 2.42. The molecule has 2 unspecified atom stereocenters. The van der Waals surface area contributed by atoms with Crippen LogP contribution < -0.4 is 5.32 Å². The van der Waals surface area contributed by atoms with Gasteiger partial charge in [-0.2, -0.15) is 0 Å². The maximum atomic E-state index is 12.1. The van der Waals surface area contributed by atoms with Gasteiger partial charge in [-0.05, 0) is 24.6 Å². The fraction of sp³-hybridized carbons (Fsp3) is 0.429. The molecule has 0 aliphatic carbocycles. The Morgan fingerprint density at radius 1 is 1.35 bits per heavy atom. The molecule has 0 bridgehead atoms. The Hall–Kier alpha value is -1.40. The van der Waals surface area contributed by atoms with E-state index >= 15 is 0 Å². The molecule has 1 aromatic carbocycles. The number of nitrogens with one attached hydrogen (secondary N) is 1. The zero-order valence-electron chi connectivity index (χ0n) is 11.4. The highest BCUT2D eigenvalue weighted by Crippen LogP contribution is 2.18. The first-order valence-electron chi connectivity index (χ1n) is 6.23. The van der Waals surface area contributed by atoms with Crippen LogP contribution in [0.5, 0.6) is 0 Å². The second-order valence-corrected chi connectivity index (χ2v) is 5.37. The van der Waals surface area contributed by atoms with E-state index in [1.54, 1.807) is 6.92 Å². The van der Waals surface area contributed by atoms with E-state index in [1.165, 1.54) is 7.11 Å². The van der Waals surface area contributed by atoms with Crippen LogP contribution in [0.1, 0.15) is 24.8 Å². The minimum atomic E-state index is -1.06. The Kier molecular flexibility index (Phi) is 6.67. The molecule has 2 N–H and O–H groups in total. The minimum absolute atomic E-state index is 0.241. The number of ether oxygens (including phenoxy) is 1. The molecule has 0 aliphatic heterocycles. The van der Waals surface area contributed by atoms with Crippen molar-refractivity contribution >= 4 is 27.8 Å². The van der Waals surface area contributed by atoms with Crippen molar-refractivity contribution in [1.29, 1.82) is 0 Å². The number of amides is 1. The number of aliphatic carboxylic acids is 1. The molecule has 1 aromatic rings. The summed E-state index contributed by atoms with van der Waals surface area (Å²) in [7, 11) is 1.49. The van der Waals surface area contributed by atoms with Crippen molar-refractivity contribution in [2.24, 2.45) is 0 Å². The van der Waals surface area contributed by atoms with E-state index in [9.17, 15) is 9.59 Å². The lowest BCUT2D eigenvalue weighted by Crippen LogP contribution is -2.43. The van der Waals surface area contributed by atoms with E-state index in [4.69, 9.17) is 9.84 Å². The highest BCUT2D eigenvalue weighted by atomic mass is 79.9. The predicted octanol–water partition coefficient (Wildman–Crippen LogP) is 2.16. The third kappa shape index (κ3) is 4.94. The van der Waals surface area contributed by atoms with E-state index in [1.807, 2.05) is 24.3 Å². The van der Waals surface area contributed by atoms with Gasteiger partial charge in [0.1, 0.15) is 6.04 Å². The fourth-order valence-electron chi connectivity index (χ4n) is 1.69.